The number of halogens is 2. The summed E-state index contributed by atoms with van der Waals surface area (Å²) in [5.41, 5.74) is 2.67. The molecule has 0 bridgehead atoms. The zero-order valence-corrected chi connectivity index (χ0v) is 22.7. The summed E-state index contributed by atoms with van der Waals surface area (Å²) in [7, 11) is 0. The third-order valence-corrected chi connectivity index (χ3v) is 6.58. The first kappa shape index (κ1) is 25.7. The minimum atomic E-state index is -0.795. The first-order valence-electron chi connectivity index (χ1n) is 11.1. The Balaban J connectivity index is 1.65. The van der Waals surface area contributed by atoms with Crippen LogP contribution in [-0.2, 0) is 16.2 Å². The number of imide groups is 2. The van der Waals surface area contributed by atoms with Crippen LogP contribution in [0.15, 0.2) is 75.2 Å². The smallest absolute Gasteiger partial charge is 0.335 e. The number of ether oxygens (including phenoxy) is 2. The number of carbonyl (C=O) groups excluding carboxylic acids is 3. The molecule has 1 aliphatic heterocycles. The molecular formula is C27H22Br2N2O5. The van der Waals surface area contributed by atoms with Gasteiger partial charge in [0.05, 0.1) is 12.3 Å². The number of hydrogen-bond acceptors (Lipinski definition) is 5. The number of nitrogens with zero attached hydrogens (tertiary/aromatic N) is 1. The fourth-order valence-corrected chi connectivity index (χ4v) is 4.23. The van der Waals surface area contributed by atoms with E-state index in [1.807, 2.05) is 38.1 Å². The Morgan fingerprint density at radius 1 is 0.917 bits per heavy atom. The van der Waals surface area contributed by atoms with Gasteiger partial charge in [0.25, 0.3) is 11.8 Å². The van der Waals surface area contributed by atoms with Crippen LogP contribution in [0, 0.1) is 6.92 Å². The van der Waals surface area contributed by atoms with Crippen LogP contribution in [-0.4, -0.2) is 24.5 Å². The molecule has 1 aliphatic rings. The minimum absolute atomic E-state index is 0.179. The zero-order valence-electron chi connectivity index (χ0n) is 19.5. The van der Waals surface area contributed by atoms with Crippen LogP contribution in [0.25, 0.3) is 6.08 Å². The van der Waals surface area contributed by atoms with E-state index < -0.39 is 17.8 Å². The maximum Gasteiger partial charge on any atom is 0.335 e. The number of barbiturate groups is 1. The number of benzene rings is 3. The third kappa shape index (κ3) is 5.68. The Kier molecular flexibility index (Phi) is 7.91. The molecule has 0 aliphatic carbocycles. The molecule has 0 saturated carbocycles. The van der Waals surface area contributed by atoms with Crippen LogP contribution in [0.5, 0.6) is 11.5 Å². The first-order chi connectivity index (χ1) is 17.3. The van der Waals surface area contributed by atoms with Gasteiger partial charge in [-0.25, -0.2) is 9.69 Å². The molecule has 0 spiro atoms. The molecule has 36 heavy (non-hydrogen) atoms. The molecule has 1 saturated heterocycles. The van der Waals surface area contributed by atoms with Crippen LogP contribution < -0.4 is 19.7 Å². The lowest BCUT2D eigenvalue weighted by molar-refractivity contribution is -0.122. The van der Waals surface area contributed by atoms with Crippen LogP contribution in [0.3, 0.4) is 0 Å². The van der Waals surface area contributed by atoms with E-state index in [0.717, 1.165) is 20.5 Å². The summed E-state index contributed by atoms with van der Waals surface area (Å²) in [4.78, 5) is 39.2. The average molecular weight is 614 g/mol. The van der Waals surface area contributed by atoms with Crippen LogP contribution >= 0.6 is 31.9 Å². The predicted molar refractivity (Wildman–Crippen MR) is 144 cm³/mol. The largest absolute Gasteiger partial charge is 0.490 e. The number of nitrogens with one attached hydrogen (secondary N) is 1. The van der Waals surface area contributed by atoms with Crippen molar-refractivity contribution in [1.82, 2.24) is 5.32 Å². The SMILES string of the molecule is CCOc1cc(/C=C2\C(=O)NC(=O)N(c3ccc(C)cc3)C2=O)c(Br)cc1OCc1ccc(Br)cc1. The molecule has 7 nitrogen and oxygen atoms in total. The van der Waals surface area contributed by atoms with E-state index in [-0.39, 0.29) is 5.57 Å². The summed E-state index contributed by atoms with van der Waals surface area (Å²) >= 11 is 6.92. The van der Waals surface area contributed by atoms with Crippen molar-refractivity contribution >= 4 is 61.5 Å². The number of hydrogen-bond donors (Lipinski definition) is 1. The van der Waals surface area contributed by atoms with Gasteiger partial charge in [-0.15, -0.1) is 0 Å². The molecule has 1 fully saturated rings. The fraction of sp³-hybridized carbons (Fsp3) is 0.148. The highest BCUT2D eigenvalue weighted by Crippen LogP contribution is 2.36. The van der Waals surface area contributed by atoms with Gasteiger partial charge >= 0.3 is 6.03 Å². The molecule has 184 valence electrons. The average Bonchev–Trinajstić information content (AvgIpc) is 2.84. The Morgan fingerprint density at radius 2 is 1.58 bits per heavy atom. The van der Waals surface area contributed by atoms with Crippen molar-refractivity contribution in [3.63, 3.8) is 0 Å². The highest BCUT2D eigenvalue weighted by molar-refractivity contribution is 9.10. The third-order valence-electron chi connectivity index (χ3n) is 5.36. The number of amides is 4. The Labute approximate surface area is 225 Å². The van der Waals surface area contributed by atoms with Crippen molar-refractivity contribution in [1.29, 1.82) is 0 Å². The molecule has 9 heteroatoms. The van der Waals surface area contributed by atoms with Gasteiger partial charge < -0.3 is 9.47 Å². The number of aryl methyl sites for hydroxylation is 1. The van der Waals surface area contributed by atoms with Crippen LogP contribution in [0.4, 0.5) is 10.5 Å². The molecule has 3 aromatic carbocycles. The molecule has 1 heterocycles. The van der Waals surface area contributed by atoms with Gasteiger partial charge in [0.2, 0.25) is 0 Å². The van der Waals surface area contributed by atoms with Gasteiger partial charge in [-0.2, -0.15) is 0 Å². The Bertz CT molecular complexity index is 1350. The fourth-order valence-electron chi connectivity index (χ4n) is 3.53. The second-order valence-corrected chi connectivity index (χ2v) is 9.73. The van der Waals surface area contributed by atoms with Crippen molar-refractivity contribution < 1.29 is 23.9 Å². The van der Waals surface area contributed by atoms with Crippen molar-refractivity contribution in [2.75, 3.05) is 11.5 Å². The van der Waals surface area contributed by atoms with Crippen molar-refractivity contribution in [2.45, 2.75) is 20.5 Å². The molecule has 1 N–H and O–H groups in total. The van der Waals surface area contributed by atoms with Crippen molar-refractivity contribution in [3.8, 4) is 11.5 Å². The summed E-state index contributed by atoms with van der Waals surface area (Å²) in [5, 5.41) is 2.24. The highest BCUT2D eigenvalue weighted by Gasteiger charge is 2.37. The number of urea groups is 1. The lowest BCUT2D eigenvalue weighted by atomic mass is 10.1. The Hall–Kier alpha value is -3.43. The van der Waals surface area contributed by atoms with Crippen molar-refractivity contribution in [2.24, 2.45) is 0 Å². The summed E-state index contributed by atoms with van der Waals surface area (Å²) < 4.78 is 13.3. The number of rotatable bonds is 7. The predicted octanol–water partition coefficient (Wildman–Crippen LogP) is 6.16. The molecule has 4 amide bonds. The second-order valence-electron chi connectivity index (χ2n) is 7.96. The second kappa shape index (κ2) is 11.1. The number of carbonyl (C=O) groups is 3. The topological polar surface area (TPSA) is 84.9 Å². The maximum atomic E-state index is 13.2. The highest BCUT2D eigenvalue weighted by atomic mass is 79.9. The van der Waals surface area contributed by atoms with E-state index in [4.69, 9.17) is 9.47 Å². The molecule has 4 rings (SSSR count). The van der Waals surface area contributed by atoms with Gasteiger partial charge in [0.15, 0.2) is 11.5 Å². The van der Waals surface area contributed by atoms with E-state index in [1.54, 1.807) is 36.4 Å². The molecule has 0 unspecified atom stereocenters. The van der Waals surface area contributed by atoms with Gasteiger partial charge in [-0.1, -0.05) is 61.7 Å². The van der Waals surface area contributed by atoms with Gasteiger partial charge in [-0.05, 0) is 67.4 Å². The van der Waals surface area contributed by atoms with E-state index in [0.29, 0.717) is 40.4 Å². The summed E-state index contributed by atoms with van der Waals surface area (Å²) in [5.74, 6) is -0.522. The lowest BCUT2D eigenvalue weighted by Crippen LogP contribution is -2.54. The zero-order chi connectivity index (χ0) is 25.8. The minimum Gasteiger partial charge on any atom is -0.490 e. The van der Waals surface area contributed by atoms with E-state index >= 15 is 0 Å². The Morgan fingerprint density at radius 3 is 2.25 bits per heavy atom. The van der Waals surface area contributed by atoms with E-state index in [9.17, 15) is 14.4 Å². The summed E-state index contributed by atoms with van der Waals surface area (Å²) in [6.45, 7) is 4.47. The normalized spacial score (nSPS) is 14.7. The molecule has 0 aromatic heterocycles. The van der Waals surface area contributed by atoms with Gasteiger partial charge in [0.1, 0.15) is 12.2 Å². The molecular weight excluding hydrogens is 592 g/mol. The summed E-state index contributed by atoms with van der Waals surface area (Å²) in [6.07, 6.45) is 1.43. The summed E-state index contributed by atoms with van der Waals surface area (Å²) in [6, 6.07) is 17.3. The quantitative estimate of drug-likeness (QED) is 0.255. The first-order valence-corrected chi connectivity index (χ1v) is 12.7. The van der Waals surface area contributed by atoms with Gasteiger partial charge in [-0.3, -0.25) is 14.9 Å². The van der Waals surface area contributed by atoms with Crippen LogP contribution in [0.1, 0.15) is 23.6 Å². The van der Waals surface area contributed by atoms with Crippen molar-refractivity contribution in [3.05, 3.63) is 91.9 Å². The van der Waals surface area contributed by atoms with Gasteiger partial charge in [0, 0.05) is 8.95 Å². The van der Waals surface area contributed by atoms with Crippen LogP contribution in [0.2, 0.25) is 0 Å². The van der Waals surface area contributed by atoms with E-state index in [1.165, 1.54) is 6.08 Å². The molecule has 0 atom stereocenters. The lowest BCUT2D eigenvalue weighted by Gasteiger charge is -2.26. The molecule has 3 aromatic rings. The standard InChI is InChI=1S/C27H22Br2N2O5/c1-3-35-23-13-18(22(29)14-24(23)36-15-17-6-8-19(28)9-7-17)12-21-25(32)30-27(34)31(26(21)33)20-10-4-16(2)5-11-20/h4-14H,3,15H2,1-2H3,(H,30,32,34)/b21-12+. The van der Waals surface area contributed by atoms with E-state index in [2.05, 4.69) is 37.2 Å². The number of anilines is 1. The monoisotopic (exact) mass is 612 g/mol. The molecule has 0 radical (unpaired) electrons. The maximum absolute atomic E-state index is 13.2.